The number of nitrogens with zero attached hydrogens (tertiary/aromatic N) is 1. The summed E-state index contributed by atoms with van der Waals surface area (Å²) in [6.07, 6.45) is 3.42. The molecule has 0 atom stereocenters. The van der Waals surface area contributed by atoms with Crippen LogP contribution < -0.4 is 14.9 Å². The van der Waals surface area contributed by atoms with Gasteiger partial charge >= 0.3 is 0 Å². The minimum Gasteiger partial charge on any atom is -0.493 e. The number of rotatable bonds is 6. The van der Waals surface area contributed by atoms with Gasteiger partial charge < -0.3 is 9.47 Å². The van der Waals surface area contributed by atoms with E-state index in [2.05, 4.69) is 10.5 Å². The second-order valence-corrected chi connectivity index (χ2v) is 5.62. The van der Waals surface area contributed by atoms with Gasteiger partial charge in [0, 0.05) is 5.92 Å². The number of benzene rings is 1. The van der Waals surface area contributed by atoms with Crippen LogP contribution in [-0.2, 0) is 4.79 Å². The minimum atomic E-state index is -0.0379. The SMILES string of the molecule is COc1cc(/C=N\NC(=O)C2CC2)cc(Cl)c1OC(C)C. The van der Waals surface area contributed by atoms with E-state index >= 15 is 0 Å². The van der Waals surface area contributed by atoms with Crippen LogP contribution >= 0.6 is 11.6 Å². The standard InChI is InChI=1S/C15H19ClN2O3/c1-9(2)21-14-12(16)6-10(7-13(14)20-3)8-17-18-15(19)11-4-5-11/h6-9,11H,4-5H2,1-3H3,(H,18,19)/b17-8-. The molecular weight excluding hydrogens is 292 g/mol. The predicted molar refractivity (Wildman–Crippen MR) is 82.2 cm³/mol. The molecule has 0 spiro atoms. The van der Waals surface area contributed by atoms with E-state index in [4.69, 9.17) is 21.1 Å². The molecule has 1 aromatic carbocycles. The maximum absolute atomic E-state index is 11.5. The van der Waals surface area contributed by atoms with Crippen molar-refractivity contribution in [3.8, 4) is 11.5 Å². The second kappa shape index (κ2) is 6.80. The van der Waals surface area contributed by atoms with Gasteiger partial charge in [0.05, 0.1) is 24.5 Å². The fourth-order valence-electron chi connectivity index (χ4n) is 1.77. The molecule has 0 aliphatic heterocycles. The van der Waals surface area contributed by atoms with Gasteiger partial charge in [0.15, 0.2) is 11.5 Å². The van der Waals surface area contributed by atoms with Crippen molar-refractivity contribution in [3.05, 3.63) is 22.7 Å². The average molecular weight is 311 g/mol. The van der Waals surface area contributed by atoms with Gasteiger partial charge in [-0.25, -0.2) is 5.43 Å². The maximum Gasteiger partial charge on any atom is 0.243 e. The lowest BCUT2D eigenvalue weighted by Gasteiger charge is -2.15. The monoisotopic (exact) mass is 310 g/mol. The number of nitrogens with one attached hydrogen (secondary N) is 1. The third-order valence-corrected chi connectivity index (χ3v) is 3.22. The zero-order valence-corrected chi connectivity index (χ0v) is 13.1. The lowest BCUT2D eigenvalue weighted by molar-refractivity contribution is -0.122. The molecule has 1 fully saturated rings. The highest BCUT2D eigenvalue weighted by Crippen LogP contribution is 2.36. The van der Waals surface area contributed by atoms with E-state index in [1.54, 1.807) is 19.2 Å². The maximum atomic E-state index is 11.5. The van der Waals surface area contributed by atoms with E-state index in [9.17, 15) is 4.79 Å². The number of ether oxygens (including phenoxy) is 2. The summed E-state index contributed by atoms with van der Waals surface area (Å²) in [4.78, 5) is 11.5. The molecule has 0 saturated heterocycles. The molecule has 1 saturated carbocycles. The molecule has 1 aliphatic rings. The molecule has 1 N–H and O–H groups in total. The molecule has 1 aliphatic carbocycles. The van der Waals surface area contributed by atoms with Crippen LogP contribution in [0.5, 0.6) is 11.5 Å². The molecule has 114 valence electrons. The Balaban J connectivity index is 2.11. The van der Waals surface area contributed by atoms with Crippen LogP contribution in [0.1, 0.15) is 32.3 Å². The molecule has 1 aromatic rings. The molecular formula is C15H19ClN2O3. The zero-order chi connectivity index (χ0) is 15.4. The summed E-state index contributed by atoms with van der Waals surface area (Å²) in [7, 11) is 1.55. The normalized spacial score (nSPS) is 14.5. The van der Waals surface area contributed by atoms with Crippen molar-refractivity contribution in [2.24, 2.45) is 11.0 Å². The molecule has 0 unspecified atom stereocenters. The fourth-order valence-corrected chi connectivity index (χ4v) is 2.04. The van der Waals surface area contributed by atoms with Gasteiger partial charge in [-0.3, -0.25) is 4.79 Å². The first-order valence-corrected chi connectivity index (χ1v) is 7.26. The Morgan fingerprint density at radius 2 is 2.19 bits per heavy atom. The summed E-state index contributed by atoms with van der Waals surface area (Å²) < 4.78 is 10.9. The first-order valence-electron chi connectivity index (χ1n) is 6.88. The molecule has 6 heteroatoms. The van der Waals surface area contributed by atoms with Crippen molar-refractivity contribution in [2.75, 3.05) is 7.11 Å². The Bertz CT molecular complexity index is 554. The number of hydrazone groups is 1. The van der Waals surface area contributed by atoms with Crippen LogP contribution in [0.25, 0.3) is 0 Å². The predicted octanol–water partition coefficient (Wildman–Crippen LogP) is 3.00. The molecule has 2 rings (SSSR count). The number of hydrogen-bond donors (Lipinski definition) is 1. The number of carbonyl (C=O) groups excluding carboxylic acids is 1. The summed E-state index contributed by atoms with van der Waals surface area (Å²) in [5, 5.41) is 4.37. The Hall–Kier alpha value is -1.75. The molecule has 0 heterocycles. The van der Waals surface area contributed by atoms with Crippen LogP contribution in [0.3, 0.4) is 0 Å². The summed E-state index contributed by atoms with van der Waals surface area (Å²) in [6, 6.07) is 3.48. The van der Waals surface area contributed by atoms with Crippen molar-refractivity contribution in [1.82, 2.24) is 5.43 Å². The van der Waals surface area contributed by atoms with Crippen LogP contribution in [0.15, 0.2) is 17.2 Å². The van der Waals surface area contributed by atoms with Crippen molar-refractivity contribution >= 4 is 23.7 Å². The minimum absolute atomic E-state index is 0.00579. The van der Waals surface area contributed by atoms with Crippen LogP contribution in [0.2, 0.25) is 5.02 Å². The quantitative estimate of drug-likeness (QED) is 0.649. The third-order valence-electron chi connectivity index (χ3n) is 2.94. The Kier molecular flexibility index (Phi) is 5.07. The number of halogens is 1. The Morgan fingerprint density at radius 3 is 2.76 bits per heavy atom. The molecule has 0 radical (unpaired) electrons. The largest absolute Gasteiger partial charge is 0.493 e. The van der Waals surface area contributed by atoms with Gasteiger partial charge in [0.1, 0.15) is 0 Å². The zero-order valence-electron chi connectivity index (χ0n) is 12.4. The van der Waals surface area contributed by atoms with Crippen molar-refractivity contribution in [1.29, 1.82) is 0 Å². The van der Waals surface area contributed by atoms with Crippen molar-refractivity contribution in [3.63, 3.8) is 0 Å². The van der Waals surface area contributed by atoms with Crippen LogP contribution in [0, 0.1) is 5.92 Å². The van der Waals surface area contributed by atoms with Crippen LogP contribution in [0.4, 0.5) is 0 Å². The lowest BCUT2D eigenvalue weighted by atomic mass is 10.2. The molecule has 21 heavy (non-hydrogen) atoms. The smallest absolute Gasteiger partial charge is 0.243 e. The van der Waals surface area contributed by atoms with Gasteiger partial charge in [-0.2, -0.15) is 5.10 Å². The van der Waals surface area contributed by atoms with E-state index in [-0.39, 0.29) is 17.9 Å². The second-order valence-electron chi connectivity index (χ2n) is 5.21. The van der Waals surface area contributed by atoms with Gasteiger partial charge in [0.25, 0.3) is 0 Å². The summed E-state index contributed by atoms with van der Waals surface area (Å²) in [5.41, 5.74) is 3.24. The highest BCUT2D eigenvalue weighted by molar-refractivity contribution is 6.32. The van der Waals surface area contributed by atoms with Crippen LogP contribution in [-0.4, -0.2) is 25.3 Å². The fraction of sp³-hybridized carbons (Fsp3) is 0.467. The average Bonchev–Trinajstić information content (AvgIpc) is 3.25. The summed E-state index contributed by atoms with van der Waals surface area (Å²) in [5.74, 6) is 1.13. The first-order chi connectivity index (χ1) is 10.0. The first kappa shape index (κ1) is 15.6. The molecule has 0 aromatic heterocycles. The molecule has 5 nitrogen and oxygen atoms in total. The topological polar surface area (TPSA) is 59.9 Å². The van der Waals surface area contributed by atoms with Crippen molar-refractivity contribution < 1.29 is 14.3 Å². The summed E-state index contributed by atoms with van der Waals surface area (Å²) >= 11 is 6.21. The van der Waals surface area contributed by atoms with E-state index < -0.39 is 0 Å². The van der Waals surface area contributed by atoms with Crippen molar-refractivity contribution in [2.45, 2.75) is 32.8 Å². The molecule has 1 amide bonds. The third kappa shape index (κ3) is 4.36. The van der Waals surface area contributed by atoms with Gasteiger partial charge in [0.2, 0.25) is 5.91 Å². The lowest BCUT2D eigenvalue weighted by Crippen LogP contribution is -2.18. The van der Waals surface area contributed by atoms with Gasteiger partial charge in [-0.05, 0) is 44.4 Å². The highest BCUT2D eigenvalue weighted by atomic mass is 35.5. The van der Waals surface area contributed by atoms with E-state index in [0.717, 1.165) is 18.4 Å². The molecule has 0 bridgehead atoms. The van der Waals surface area contributed by atoms with E-state index in [1.165, 1.54) is 6.21 Å². The van der Waals surface area contributed by atoms with E-state index in [0.29, 0.717) is 16.5 Å². The summed E-state index contributed by atoms with van der Waals surface area (Å²) in [6.45, 7) is 3.83. The van der Waals surface area contributed by atoms with E-state index in [1.807, 2.05) is 13.8 Å². The number of hydrogen-bond acceptors (Lipinski definition) is 4. The number of amides is 1. The highest BCUT2D eigenvalue weighted by Gasteiger charge is 2.29. The number of methoxy groups -OCH3 is 1. The number of carbonyl (C=O) groups is 1. The Morgan fingerprint density at radius 1 is 1.48 bits per heavy atom. The van der Waals surface area contributed by atoms with Gasteiger partial charge in [-0.15, -0.1) is 0 Å². The Labute approximate surface area is 129 Å². The van der Waals surface area contributed by atoms with Gasteiger partial charge in [-0.1, -0.05) is 11.6 Å².